The molecular weight excluding hydrogens is 292 g/mol. The molecule has 0 radical (unpaired) electrons. The first-order valence-electron chi connectivity index (χ1n) is 5.45. The van der Waals surface area contributed by atoms with Crippen LogP contribution in [-0.4, -0.2) is 6.54 Å². The molecule has 0 spiro atoms. The molecule has 1 aliphatic carbocycles. The normalized spacial score (nSPS) is 19.0. The molecule has 0 saturated heterocycles. The Morgan fingerprint density at radius 2 is 2.00 bits per heavy atom. The van der Waals surface area contributed by atoms with Gasteiger partial charge in [0.2, 0.25) is 0 Å². The maximum absolute atomic E-state index is 14.0. The second kappa shape index (κ2) is 4.63. The van der Waals surface area contributed by atoms with Gasteiger partial charge in [-0.3, -0.25) is 0 Å². The molecule has 1 aromatic carbocycles. The quantitative estimate of drug-likeness (QED) is 0.821. The van der Waals surface area contributed by atoms with Gasteiger partial charge < -0.3 is 5.73 Å². The van der Waals surface area contributed by atoms with Crippen molar-refractivity contribution in [3.63, 3.8) is 0 Å². The predicted octanol–water partition coefficient (Wildman–Crippen LogP) is 4.01. The summed E-state index contributed by atoms with van der Waals surface area (Å²) in [5.41, 5.74) is 6.30. The van der Waals surface area contributed by atoms with E-state index in [0.717, 1.165) is 25.7 Å². The highest BCUT2D eigenvalue weighted by molar-refractivity contribution is 9.10. The second-order valence-corrected chi connectivity index (χ2v) is 5.61. The molecule has 1 aromatic rings. The Hall–Kier alpha value is -0.120. The molecule has 1 nitrogen and oxygen atoms in total. The molecule has 1 fully saturated rings. The van der Waals surface area contributed by atoms with Gasteiger partial charge in [-0.05, 0) is 40.9 Å². The van der Waals surface area contributed by atoms with Gasteiger partial charge in [0.25, 0.3) is 0 Å². The van der Waals surface area contributed by atoms with Gasteiger partial charge in [-0.25, -0.2) is 4.39 Å². The lowest BCUT2D eigenvalue weighted by Crippen LogP contribution is -2.33. The molecule has 0 unspecified atom stereocenters. The summed E-state index contributed by atoms with van der Waals surface area (Å²) in [7, 11) is 0. The van der Waals surface area contributed by atoms with Gasteiger partial charge >= 0.3 is 0 Å². The Morgan fingerprint density at radius 1 is 1.38 bits per heavy atom. The summed E-state index contributed by atoms with van der Waals surface area (Å²) in [6.45, 7) is 0.475. The number of nitrogens with two attached hydrogens (primary N) is 1. The summed E-state index contributed by atoms with van der Waals surface area (Å²) in [5.74, 6) is -0.205. The molecule has 2 N–H and O–H groups in total. The van der Waals surface area contributed by atoms with Crippen molar-refractivity contribution in [1.29, 1.82) is 0 Å². The van der Waals surface area contributed by atoms with Crippen LogP contribution in [0.2, 0.25) is 5.02 Å². The number of benzene rings is 1. The average molecular weight is 307 g/mol. The van der Waals surface area contributed by atoms with E-state index in [4.69, 9.17) is 17.3 Å². The van der Waals surface area contributed by atoms with E-state index >= 15 is 0 Å². The molecule has 0 aliphatic heterocycles. The molecule has 2 rings (SSSR count). The predicted molar refractivity (Wildman–Crippen MR) is 68.3 cm³/mol. The zero-order chi connectivity index (χ0) is 11.8. The monoisotopic (exact) mass is 305 g/mol. The summed E-state index contributed by atoms with van der Waals surface area (Å²) in [4.78, 5) is 0. The number of halogens is 3. The molecule has 0 heterocycles. The summed E-state index contributed by atoms with van der Waals surface area (Å²) in [6.07, 6.45) is 4.10. The summed E-state index contributed by atoms with van der Waals surface area (Å²) >= 11 is 9.42. The fourth-order valence-corrected chi connectivity index (χ4v) is 3.52. The summed E-state index contributed by atoms with van der Waals surface area (Å²) < 4.78 is 14.6. The van der Waals surface area contributed by atoms with Crippen molar-refractivity contribution in [3.8, 4) is 0 Å². The zero-order valence-electron chi connectivity index (χ0n) is 8.90. The standard InChI is InChI=1S/C12H14BrClFN/c13-11-8(14)3-4-9(15)10(11)12(7-16)5-1-2-6-12/h3-4H,1-2,5-7,16H2. The third-order valence-corrected chi connectivity index (χ3v) is 4.89. The maximum atomic E-state index is 14.0. The van der Waals surface area contributed by atoms with Crippen LogP contribution in [0.3, 0.4) is 0 Å². The highest BCUT2D eigenvalue weighted by Gasteiger charge is 2.38. The molecule has 0 bridgehead atoms. The lowest BCUT2D eigenvalue weighted by atomic mass is 9.78. The average Bonchev–Trinajstić information content (AvgIpc) is 2.74. The number of hydrogen-bond acceptors (Lipinski definition) is 1. The van der Waals surface area contributed by atoms with Crippen LogP contribution in [0.15, 0.2) is 16.6 Å². The Kier molecular flexibility index (Phi) is 3.57. The highest BCUT2D eigenvalue weighted by Crippen LogP contribution is 2.45. The fraction of sp³-hybridized carbons (Fsp3) is 0.500. The molecule has 1 aliphatic rings. The van der Waals surface area contributed by atoms with Gasteiger partial charge in [-0.1, -0.05) is 24.4 Å². The largest absolute Gasteiger partial charge is 0.330 e. The lowest BCUT2D eigenvalue weighted by molar-refractivity contribution is 0.424. The third kappa shape index (κ3) is 1.89. The number of hydrogen-bond donors (Lipinski definition) is 1. The van der Waals surface area contributed by atoms with E-state index in [0.29, 0.717) is 21.6 Å². The van der Waals surface area contributed by atoms with Gasteiger partial charge in [0.1, 0.15) is 5.82 Å². The van der Waals surface area contributed by atoms with Gasteiger partial charge in [-0.15, -0.1) is 0 Å². The highest BCUT2D eigenvalue weighted by atomic mass is 79.9. The van der Waals surface area contributed by atoms with E-state index in [1.54, 1.807) is 6.07 Å². The van der Waals surface area contributed by atoms with E-state index in [2.05, 4.69) is 15.9 Å². The minimum atomic E-state index is -0.228. The molecule has 0 amide bonds. The van der Waals surface area contributed by atoms with Crippen molar-refractivity contribution in [3.05, 3.63) is 33.0 Å². The minimum absolute atomic E-state index is 0.205. The third-order valence-electron chi connectivity index (χ3n) is 3.53. The first-order chi connectivity index (χ1) is 7.60. The minimum Gasteiger partial charge on any atom is -0.330 e. The zero-order valence-corrected chi connectivity index (χ0v) is 11.2. The van der Waals surface area contributed by atoms with Crippen molar-refractivity contribution < 1.29 is 4.39 Å². The van der Waals surface area contributed by atoms with Gasteiger partial charge in [0.15, 0.2) is 0 Å². The van der Waals surface area contributed by atoms with Crippen molar-refractivity contribution >= 4 is 27.5 Å². The van der Waals surface area contributed by atoms with Gasteiger partial charge in [-0.2, -0.15) is 0 Å². The molecule has 0 aromatic heterocycles. The van der Waals surface area contributed by atoms with Crippen molar-refractivity contribution in [2.75, 3.05) is 6.54 Å². The van der Waals surface area contributed by atoms with E-state index < -0.39 is 0 Å². The van der Waals surface area contributed by atoms with Crippen molar-refractivity contribution in [2.45, 2.75) is 31.1 Å². The van der Waals surface area contributed by atoms with Crippen LogP contribution in [0.25, 0.3) is 0 Å². The van der Waals surface area contributed by atoms with Crippen LogP contribution in [-0.2, 0) is 5.41 Å². The van der Waals surface area contributed by atoms with Crippen LogP contribution < -0.4 is 5.73 Å². The van der Waals surface area contributed by atoms with E-state index in [1.165, 1.54) is 6.07 Å². The van der Waals surface area contributed by atoms with Gasteiger partial charge in [0.05, 0.1) is 5.02 Å². The molecular formula is C12H14BrClFN. The molecule has 4 heteroatoms. The molecule has 0 atom stereocenters. The lowest BCUT2D eigenvalue weighted by Gasteiger charge is -2.29. The smallest absolute Gasteiger partial charge is 0.128 e. The fourth-order valence-electron chi connectivity index (χ4n) is 2.62. The Morgan fingerprint density at radius 3 is 2.56 bits per heavy atom. The topological polar surface area (TPSA) is 26.0 Å². The first-order valence-corrected chi connectivity index (χ1v) is 6.62. The SMILES string of the molecule is NCC1(c2c(F)ccc(Cl)c2Br)CCCC1. The van der Waals surface area contributed by atoms with Crippen LogP contribution in [0.4, 0.5) is 4.39 Å². The van der Waals surface area contributed by atoms with Crippen LogP contribution in [0, 0.1) is 5.82 Å². The Bertz CT molecular complexity index is 402. The van der Waals surface area contributed by atoms with Crippen LogP contribution >= 0.6 is 27.5 Å². The number of rotatable bonds is 2. The Labute approximate surface area is 108 Å². The van der Waals surface area contributed by atoms with Gasteiger partial charge in [0, 0.05) is 22.0 Å². The van der Waals surface area contributed by atoms with E-state index in [1.807, 2.05) is 0 Å². The molecule has 1 saturated carbocycles. The summed E-state index contributed by atoms with van der Waals surface area (Å²) in [5, 5.41) is 0.552. The second-order valence-electron chi connectivity index (χ2n) is 4.41. The molecule has 16 heavy (non-hydrogen) atoms. The van der Waals surface area contributed by atoms with Crippen molar-refractivity contribution in [1.82, 2.24) is 0 Å². The van der Waals surface area contributed by atoms with E-state index in [9.17, 15) is 4.39 Å². The van der Waals surface area contributed by atoms with E-state index in [-0.39, 0.29) is 11.2 Å². The van der Waals surface area contributed by atoms with Crippen molar-refractivity contribution in [2.24, 2.45) is 5.73 Å². The molecule has 88 valence electrons. The summed E-state index contributed by atoms with van der Waals surface area (Å²) in [6, 6.07) is 3.00. The maximum Gasteiger partial charge on any atom is 0.128 e. The van der Waals surface area contributed by atoms with Crippen LogP contribution in [0.5, 0.6) is 0 Å². The van der Waals surface area contributed by atoms with Crippen LogP contribution in [0.1, 0.15) is 31.2 Å². The first kappa shape index (κ1) is 12.3. The Balaban J connectivity index is 2.57.